The van der Waals surface area contributed by atoms with Gasteiger partial charge < -0.3 is 20.1 Å². The van der Waals surface area contributed by atoms with E-state index < -0.39 is 20.9 Å². The standard InChI is InChI=1S/C15H16Cl3N3O2.C13H13N3O4S/c1-2-4-20(15(22)21-5-3-19-10-21)6-7-23-14-12(17)8-11(16)9-13(14)18;1-20-11-6-4-3-5-8(11)9-7-10(12(14)17)16-13(15-9)21(2,18)19/h3,5,8-10H,2,4,6-7H2,1H3;3-7H,1-2H3,(H2,14,17). The van der Waals surface area contributed by atoms with Gasteiger partial charge in [0, 0.05) is 35.8 Å². The molecule has 234 valence electrons. The van der Waals surface area contributed by atoms with Crippen LogP contribution in [0, 0.1) is 0 Å². The molecule has 4 rings (SSSR count). The number of carbonyl (C=O) groups is 2. The fraction of sp³-hybridized carbons (Fsp3) is 0.250. The van der Waals surface area contributed by atoms with Gasteiger partial charge in [-0.3, -0.25) is 9.36 Å². The van der Waals surface area contributed by atoms with E-state index in [2.05, 4.69) is 15.0 Å². The maximum Gasteiger partial charge on any atom is 0.329 e. The van der Waals surface area contributed by atoms with Crippen LogP contribution in [0.1, 0.15) is 23.8 Å². The fourth-order valence-electron chi connectivity index (χ4n) is 3.74. The molecule has 4 aromatic rings. The molecule has 12 nitrogen and oxygen atoms in total. The Bertz CT molecular complexity index is 1700. The number of nitrogens with zero attached hydrogens (tertiary/aromatic N) is 5. The molecule has 0 aliphatic rings. The Morgan fingerprint density at radius 2 is 1.73 bits per heavy atom. The number of methoxy groups -OCH3 is 1. The third-order valence-corrected chi connectivity index (χ3v) is 7.36. The SMILES string of the molecule is CCCN(CCOc1c(Cl)cc(Cl)cc1Cl)C(=O)n1ccnc1.COc1ccccc1-c1cc(C(N)=O)nc(S(C)(=O)=O)n1. The summed E-state index contributed by atoms with van der Waals surface area (Å²) in [6.45, 7) is 3.28. The molecular formula is C28H29Cl3N6O6S. The van der Waals surface area contributed by atoms with Crippen molar-refractivity contribution in [3.8, 4) is 22.8 Å². The van der Waals surface area contributed by atoms with Crippen molar-refractivity contribution in [2.75, 3.05) is 33.1 Å². The van der Waals surface area contributed by atoms with Gasteiger partial charge in [0.05, 0.1) is 29.4 Å². The summed E-state index contributed by atoms with van der Waals surface area (Å²) < 4.78 is 35.5. The molecular weight excluding hydrogens is 655 g/mol. The normalized spacial score (nSPS) is 10.9. The average molecular weight is 684 g/mol. The van der Waals surface area contributed by atoms with Gasteiger partial charge in [-0.25, -0.2) is 28.2 Å². The molecule has 2 aromatic heterocycles. The zero-order chi connectivity index (χ0) is 32.4. The first-order valence-corrected chi connectivity index (χ1v) is 15.9. The largest absolute Gasteiger partial charge is 0.496 e. The zero-order valence-electron chi connectivity index (χ0n) is 23.9. The minimum absolute atomic E-state index is 0.152. The van der Waals surface area contributed by atoms with Crippen molar-refractivity contribution in [2.45, 2.75) is 18.5 Å². The molecule has 2 amide bonds. The number of hydrogen-bond donors (Lipinski definition) is 1. The van der Waals surface area contributed by atoms with Gasteiger partial charge in [-0.1, -0.05) is 53.9 Å². The molecule has 2 aromatic carbocycles. The van der Waals surface area contributed by atoms with Gasteiger partial charge in [0.25, 0.3) is 5.91 Å². The minimum atomic E-state index is -3.68. The molecule has 0 radical (unpaired) electrons. The van der Waals surface area contributed by atoms with Crippen molar-refractivity contribution < 1.29 is 27.5 Å². The van der Waals surface area contributed by atoms with Crippen LogP contribution in [0.15, 0.2) is 66.3 Å². The van der Waals surface area contributed by atoms with Crippen LogP contribution in [0.5, 0.6) is 11.5 Å². The number of halogens is 3. The van der Waals surface area contributed by atoms with Gasteiger partial charge in [-0.05, 0) is 36.8 Å². The maximum atomic E-state index is 12.3. The third kappa shape index (κ3) is 9.29. The molecule has 0 saturated carbocycles. The quantitative estimate of drug-likeness (QED) is 0.220. The van der Waals surface area contributed by atoms with Crippen LogP contribution in [0.25, 0.3) is 11.3 Å². The number of sulfone groups is 1. The summed E-state index contributed by atoms with van der Waals surface area (Å²) in [5.74, 6) is 0.0220. The van der Waals surface area contributed by atoms with Gasteiger partial charge in [0.1, 0.15) is 24.4 Å². The van der Waals surface area contributed by atoms with Crippen molar-refractivity contribution in [1.82, 2.24) is 24.4 Å². The predicted octanol–water partition coefficient (Wildman–Crippen LogP) is 5.26. The number of benzene rings is 2. The molecule has 0 bridgehead atoms. The minimum Gasteiger partial charge on any atom is -0.496 e. The summed E-state index contributed by atoms with van der Waals surface area (Å²) in [5.41, 5.74) is 5.80. The summed E-state index contributed by atoms with van der Waals surface area (Å²) >= 11 is 18.0. The number of nitrogens with two attached hydrogens (primary N) is 1. The van der Waals surface area contributed by atoms with Crippen LogP contribution in [0.3, 0.4) is 0 Å². The second-order valence-electron chi connectivity index (χ2n) is 9.04. The summed E-state index contributed by atoms with van der Waals surface area (Å²) in [7, 11) is -2.20. The van der Waals surface area contributed by atoms with Crippen molar-refractivity contribution in [3.63, 3.8) is 0 Å². The van der Waals surface area contributed by atoms with Gasteiger partial charge in [-0.15, -0.1) is 0 Å². The number of primary amides is 1. The highest BCUT2D eigenvalue weighted by atomic mass is 35.5. The summed E-state index contributed by atoms with van der Waals surface area (Å²) in [4.78, 5) is 36.9. The fourth-order valence-corrected chi connectivity index (χ4v) is 5.20. The second-order valence-corrected chi connectivity index (χ2v) is 12.2. The van der Waals surface area contributed by atoms with Crippen LogP contribution < -0.4 is 15.2 Å². The molecule has 0 spiro atoms. The predicted molar refractivity (Wildman–Crippen MR) is 167 cm³/mol. The third-order valence-electron chi connectivity index (χ3n) is 5.73. The lowest BCUT2D eigenvalue weighted by molar-refractivity contribution is 0.0994. The number of amides is 2. The Labute approximate surface area is 269 Å². The van der Waals surface area contributed by atoms with E-state index in [1.165, 1.54) is 24.1 Å². The zero-order valence-corrected chi connectivity index (χ0v) is 27.0. The van der Waals surface area contributed by atoms with E-state index in [0.29, 0.717) is 45.2 Å². The molecule has 0 unspecified atom stereocenters. The monoisotopic (exact) mass is 682 g/mol. The number of rotatable bonds is 10. The average Bonchev–Trinajstić information content (AvgIpc) is 3.52. The number of ether oxygens (including phenoxy) is 2. The smallest absolute Gasteiger partial charge is 0.329 e. The first-order chi connectivity index (χ1) is 20.8. The second kappa shape index (κ2) is 15.7. The Balaban J connectivity index is 0.000000241. The number of imidazole rings is 1. The van der Waals surface area contributed by atoms with Crippen LogP contribution in [-0.2, 0) is 9.84 Å². The first-order valence-electron chi connectivity index (χ1n) is 12.9. The number of aromatic nitrogens is 4. The highest BCUT2D eigenvalue weighted by Gasteiger charge is 2.19. The lowest BCUT2D eigenvalue weighted by Crippen LogP contribution is -2.37. The maximum absolute atomic E-state index is 12.3. The number of carbonyl (C=O) groups excluding carboxylic acids is 2. The van der Waals surface area contributed by atoms with Crippen molar-refractivity contribution in [3.05, 3.63) is 81.9 Å². The summed E-state index contributed by atoms with van der Waals surface area (Å²) in [6.07, 6.45) is 6.44. The van der Waals surface area contributed by atoms with Gasteiger partial charge in [-0.2, -0.15) is 0 Å². The van der Waals surface area contributed by atoms with Gasteiger partial charge in [0.15, 0.2) is 5.75 Å². The molecule has 2 heterocycles. The molecule has 0 aliphatic carbocycles. The first kappa shape index (κ1) is 34.6. The lowest BCUT2D eigenvalue weighted by Gasteiger charge is -2.22. The van der Waals surface area contributed by atoms with E-state index >= 15 is 0 Å². The molecule has 0 aliphatic heterocycles. The van der Waals surface area contributed by atoms with Crippen LogP contribution in [-0.4, -0.2) is 77.8 Å². The summed E-state index contributed by atoms with van der Waals surface area (Å²) in [5, 5.41) is 0.658. The Morgan fingerprint density at radius 1 is 1.05 bits per heavy atom. The molecule has 0 fully saturated rings. The van der Waals surface area contributed by atoms with E-state index in [1.54, 1.807) is 53.7 Å². The van der Waals surface area contributed by atoms with Crippen LogP contribution in [0.2, 0.25) is 15.1 Å². The van der Waals surface area contributed by atoms with E-state index in [0.717, 1.165) is 12.7 Å². The van der Waals surface area contributed by atoms with Crippen molar-refractivity contribution in [1.29, 1.82) is 0 Å². The number of hydrogen-bond acceptors (Lipinski definition) is 9. The van der Waals surface area contributed by atoms with Crippen molar-refractivity contribution >= 4 is 56.6 Å². The van der Waals surface area contributed by atoms with Crippen molar-refractivity contribution in [2.24, 2.45) is 5.73 Å². The Kier molecular flexibility index (Phi) is 12.3. The Morgan fingerprint density at radius 3 is 2.30 bits per heavy atom. The van der Waals surface area contributed by atoms with Crippen LogP contribution in [0.4, 0.5) is 4.79 Å². The Hall–Kier alpha value is -3.91. The van der Waals surface area contributed by atoms with Gasteiger partial charge in [0.2, 0.25) is 15.0 Å². The number of para-hydroxylation sites is 1. The molecule has 16 heteroatoms. The molecule has 2 N–H and O–H groups in total. The highest BCUT2D eigenvalue weighted by Crippen LogP contribution is 2.35. The molecule has 44 heavy (non-hydrogen) atoms. The van der Waals surface area contributed by atoms with Gasteiger partial charge >= 0.3 is 6.03 Å². The van der Waals surface area contributed by atoms with E-state index in [1.807, 2.05) is 6.92 Å². The van der Waals surface area contributed by atoms with E-state index in [9.17, 15) is 18.0 Å². The highest BCUT2D eigenvalue weighted by molar-refractivity contribution is 7.90. The van der Waals surface area contributed by atoms with Crippen LogP contribution >= 0.6 is 34.8 Å². The van der Waals surface area contributed by atoms with E-state index in [-0.39, 0.29) is 24.0 Å². The topological polar surface area (TPSA) is 160 Å². The molecule has 0 saturated heterocycles. The lowest BCUT2D eigenvalue weighted by atomic mass is 10.1. The summed E-state index contributed by atoms with van der Waals surface area (Å²) in [6, 6.07) is 11.2. The van der Waals surface area contributed by atoms with E-state index in [4.69, 9.17) is 50.0 Å². The molecule has 0 atom stereocenters.